The molecule has 1 rings (SSSR count). The standard InChI is InChI=1S/C12H17ClN2O2/c1-17-11-6-3-2-5-10(11)9-15-12(16)14-8-4-7-13/h2-3,5-6H,4,7-9H2,1H3,(H2,14,15,16). The van der Waals surface area contributed by atoms with Gasteiger partial charge in [0, 0.05) is 24.5 Å². The summed E-state index contributed by atoms with van der Waals surface area (Å²) in [6.07, 6.45) is 0.767. The van der Waals surface area contributed by atoms with Gasteiger partial charge >= 0.3 is 6.03 Å². The fourth-order valence-electron chi connectivity index (χ4n) is 1.36. The molecule has 0 aliphatic rings. The number of alkyl halides is 1. The van der Waals surface area contributed by atoms with Gasteiger partial charge in [0.2, 0.25) is 0 Å². The first kappa shape index (κ1) is 13.6. The maximum absolute atomic E-state index is 11.4. The molecular formula is C12H17ClN2O2. The van der Waals surface area contributed by atoms with Crippen LogP contribution >= 0.6 is 11.6 Å². The quantitative estimate of drug-likeness (QED) is 0.605. The third-order valence-electron chi connectivity index (χ3n) is 2.23. The van der Waals surface area contributed by atoms with Crippen LogP contribution in [-0.2, 0) is 6.54 Å². The molecule has 1 aromatic carbocycles. The lowest BCUT2D eigenvalue weighted by Gasteiger charge is -2.10. The van der Waals surface area contributed by atoms with Crippen LogP contribution in [0.5, 0.6) is 5.75 Å². The summed E-state index contributed by atoms with van der Waals surface area (Å²) >= 11 is 5.51. The Bertz CT molecular complexity index is 358. The van der Waals surface area contributed by atoms with Crippen LogP contribution in [0.3, 0.4) is 0 Å². The van der Waals surface area contributed by atoms with Gasteiger partial charge < -0.3 is 15.4 Å². The second kappa shape index (κ2) is 7.79. The number of carbonyl (C=O) groups is 1. The highest BCUT2D eigenvalue weighted by molar-refractivity contribution is 6.17. The van der Waals surface area contributed by atoms with E-state index in [4.69, 9.17) is 16.3 Å². The van der Waals surface area contributed by atoms with E-state index in [-0.39, 0.29) is 6.03 Å². The zero-order valence-electron chi connectivity index (χ0n) is 9.83. The molecule has 0 aliphatic heterocycles. The first-order valence-electron chi connectivity index (χ1n) is 5.47. The molecule has 2 N–H and O–H groups in total. The molecule has 0 heterocycles. The molecule has 1 aromatic rings. The number of halogens is 1. The Labute approximate surface area is 106 Å². The topological polar surface area (TPSA) is 50.4 Å². The van der Waals surface area contributed by atoms with Crippen LogP contribution in [0.15, 0.2) is 24.3 Å². The molecule has 94 valence electrons. The maximum Gasteiger partial charge on any atom is 0.315 e. The minimum absolute atomic E-state index is 0.193. The van der Waals surface area contributed by atoms with Gasteiger partial charge in [-0.2, -0.15) is 0 Å². The van der Waals surface area contributed by atoms with Crippen molar-refractivity contribution < 1.29 is 9.53 Å². The minimum atomic E-state index is -0.193. The van der Waals surface area contributed by atoms with Crippen molar-refractivity contribution in [3.05, 3.63) is 29.8 Å². The molecule has 0 aromatic heterocycles. The summed E-state index contributed by atoms with van der Waals surface area (Å²) in [6, 6.07) is 7.38. The van der Waals surface area contributed by atoms with Crippen LogP contribution < -0.4 is 15.4 Å². The van der Waals surface area contributed by atoms with E-state index in [0.717, 1.165) is 17.7 Å². The summed E-state index contributed by atoms with van der Waals surface area (Å²) in [4.78, 5) is 11.4. The Morgan fingerprint density at radius 1 is 1.35 bits per heavy atom. The molecule has 0 atom stereocenters. The average Bonchev–Trinajstić information content (AvgIpc) is 2.37. The summed E-state index contributed by atoms with van der Waals surface area (Å²) in [5.74, 6) is 1.32. The molecule has 4 nitrogen and oxygen atoms in total. The largest absolute Gasteiger partial charge is 0.496 e. The number of amides is 2. The highest BCUT2D eigenvalue weighted by atomic mass is 35.5. The number of urea groups is 1. The lowest BCUT2D eigenvalue weighted by molar-refractivity contribution is 0.240. The zero-order chi connectivity index (χ0) is 12.5. The number of nitrogens with one attached hydrogen (secondary N) is 2. The van der Waals surface area contributed by atoms with Crippen molar-refractivity contribution in [1.82, 2.24) is 10.6 Å². The highest BCUT2D eigenvalue weighted by Crippen LogP contribution is 2.16. The Hall–Kier alpha value is -1.42. The second-order valence-electron chi connectivity index (χ2n) is 3.46. The Balaban J connectivity index is 2.36. The molecule has 0 unspecified atom stereocenters. The number of hydrogen-bond acceptors (Lipinski definition) is 2. The fourth-order valence-corrected chi connectivity index (χ4v) is 1.49. The third-order valence-corrected chi connectivity index (χ3v) is 2.50. The molecule has 5 heteroatoms. The molecule has 0 fully saturated rings. The Morgan fingerprint density at radius 2 is 2.12 bits per heavy atom. The first-order valence-corrected chi connectivity index (χ1v) is 6.01. The molecule has 0 spiro atoms. The minimum Gasteiger partial charge on any atom is -0.496 e. The lowest BCUT2D eigenvalue weighted by atomic mass is 10.2. The number of hydrogen-bond donors (Lipinski definition) is 2. The van der Waals surface area contributed by atoms with Gasteiger partial charge in [0.1, 0.15) is 5.75 Å². The van der Waals surface area contributed by atoms with Crippen molar-refractivity contribution >= 4 is 17.6 Å². The van der Waals surface area contributed by atoms with E-state index in [0.29, 0.717) is 19.0 Å². The van der Waals surface area contributed by atoms with Crippen molar-refractivity contribution in [3.63, 3.8) is 0 Å². The SMILES string of the molecule is COc1ccccc1CNC(=O)NCCCCl. The summed E-state index contributed by atoms with van der Waals surface area (Å²) in [5, 5.41) is 5.48. The van der Waals surface area contributed by atoms with Crippen molar-refractivity contribution in [2.45, 2.75) is 13.0 Å². The van der Waals surface area contributed by atoms with E-state index in [2.05, 4.69) is 10.6 Å². The third kappa shape index (κ3) is 4.95. The maximum atomic E-state index is 11.4. The Kier molecular flexibility index (Phi) is 6.25. The van der Waals surface area contributed by atoms with Gasteiger partial charge in [-0.05, 0) is 12.5 Å². The van der Waals surface area contributed by atoms with Crippen LogP contribution in [-0.4, -0.2) is 25.6 Å². The van der Waals surface area contributed by atoms with Crippen LogP contribution in [0.2, 0.25) is 0 Å². The van der Waals surface area contributed by atoms with Gasteiger partial charge in [-0.25, -0.2) is 4.79 Å². The van der Waals surface area contributed by atoms with Crippen LogP contribution in [0.4, 0.5) is 4.79 Å². The number of methoxy groups -OCH3 is 1. The number of benzene rings is 1. The smallest absolute Gasteiger partial charge is 0.315 e. The molecular weight excluding hydrogens is 240 g/mol. The van der Waals surface area contributed by atoms with Crippen LogP contribution in [0.25, 0.3) is 0 Å². The van der Waals surface area contributed by atoms with E-state index >= 15 is 0 Å². The van der Waals surface area contributed by atoms with Gasteiger partial charge in [-0.3, -0.25) is 0 Å². The molecule has 0 saturated heterocycles. The fraction of sp³-hybridized carbons (Fsp3) is 0.417. The van der Waals surface area contributed by atoms with E-state index in [1.165, 1.54) is 0 Å². The highest BCUT2D eigenvalue weighted by Gasteiger charge is 2.03. The van der Waals surface area contributed by atoms with Crippen molar-refractivity contribution in [2.75, 3.05) is 19.5 Å². The first-order chi connectivity index (χ1) is 8.27. The van der Waals surface area contributed by atoms with Crippen molar-refractivity contribution in [2.24, 2.45) is 0 Å². The van der Waals surface area contributed by atoms with Crippen molar-refractivity contribution in [3.8, 4) is 5.75 Å². The Morgan fingerprint density at radius 3 is 2.82 bits per heavy atom. The molecule has 0 bridgehead atoms. The monoisotopic (exact) mass is 256 g/mol. The number of para-hydroxylation sites is 1. The van der Waals surface area contributed by atoms with Crippen LogP contribution in [0.1, 0.15) is 12.0 Å². The van der Waals surface area contributed by atoms with Gasteiger partial charge in [-0.15, -0.1) is 11.6 Å². The van der Waals surface area contributed by atoms with E-state index in [9.17, 15) is 4.79 Å². The number of carbonyl (C=O) groups excluding carboxylic acids is 1. The molecule has 17 heavy (non-hydrogen) atoms. The lowest BCUT2D eigenvalue weighted by Crippen LogP contribution is -2.35. The second-order valence-corrected chi connectivity index (χ2v) is 3.84. The summed E-state index contributed by atoms with van der Waals surface area (Å²) < 4.78 is 5.19. The summed E-state index contributed by atoms with van der Waals surface area (Å²) in [5.41, 5.74) is 0.947. The van der Waals surface area contributed by atoms with E-state index in [1.54, 1.807) is 7.11 Å². The van der Waals surface area contributed by atoms with E-state index in [1.807, 2.05) is 24.3 Å². The average molecular weight is 257 g/mol. The summed E-state index contributed by atoms with van der Waals surface area (Å²) in [7, 11) is 1.61. The molecule has 2 amide bonds. The summed E-state index contributed by atoms with van der Waals surface area (Å²) in [6.45, 7) is 1.03. The number of ether oxygens (including phenoxy) is 1. The van der Waals surface area contributed by atoms with Crippen LogP contribution in [0, 0.1) is 0 Å². The predicted molar refractivity (Wildman–Crippen MR) is 68.6 cm³/mol. The number of rotatable bonds is 6. The van der Waals surface area contributed by atoms with Crippen molar-refractivity contribution in [1.29, 1.82) is 0 Å². The molecule has 0 saturated carbocycles. The van der Waals surface area contributed by atoms with Gasteiger partial charge in [0.05, 0.1) is 7.11 Å². The predicted octanol–water partition coefficient (Wildman–Crippen LogP) is 2.12. The molecule has 0 radical (unpaired) electrons. The van der Waals surface area contributed by atoms with E-state index < -0.39 is 0 Å². The molecule has 0 aliphatic carbocycles. The zero-order valence-corrected chi connectivity index (χ0v) is 10.6. The van der Waals surface area contributed by atoms with Gasteiger partial charge in [0.15, 0.2) is 0 Å². The van der Waals surface area contributed by atoms with Gasteiger partial charge in [-0.1, -0.05) is 18.2 Å². The normalized spacial score (nSPS) is 9.76. The van der Waals surface area contributed by atoms with Gasteiger partial charge in [0.25, 0.3) is 0 Å².